The molecule has 0 aliphatic carbocycles. The second-order valence-corrected chi connectivity index (χ2v) is 6.72. The molecule has 0 bridgehead atoms. The van der Waals surface area contributed by atoms with Gasteiger partial charge in [-0.15, -0.1) is 0 Å². The van der Waals surface area contributed by atoms with Crippen LogP contribution in [-0.4, -0.2) is 35.2 Å². The number of pyridine rings is 1. The molecular formula is C18H25N3O2. The Labute approximate surface area is 138 Å². The number of carbonyl (C=O) groups is 1. The number of nitrogens with zero attached hydrogens (tertiary/aromatic N) is 3. The molecule has 0 radical (unpaired) electrons. The third kappa shape index (κ3) is 4.22. The highest BCUT2D eigenvalue weighted by Crippen LogP contribution is 2.33. The number of hydrogen-bond acceptors (Lipinski definition) is 4. The third-order valence-electron chi connectivity index (χ3n) is 4.35. The van der Waals surface area contributed by atoms with Crippen LogP contribution < -0.4 is 0 Å². The molecule has 0 N–H and O–H groups in total. The van der Waals surface area contributed by atoms with Crippen LogP contribution >= 0.6 is 0 Å². The Kier molecular flexibility index (Phi) is 5.59. The van der Waals surface area contributed by atoms with E-state index in [1.807, 2.05) is 25.1 Å². The molecule has 1 amide bonds. The number of nitriles is 1. The quantitative estimate of drug-likeness (QED) is 0.852. The molecule has 0 aromatic carbocycles. The molecule has 0 spiro atoms. The van der Waals surface area contributed by atoms with Crippen LogP contribution in [0.25, 0.3) is 0 Å². The summed E-state index contributed by atoms with van der Waals surface area (Å²) in [7, 11) is 0. The lowest BCUT2D eigenvalue weighted by Crippen LogP contribution is -2.45. The predicted molar refractivity (Wildman–Crippen MR) is 87.7 cm³/mol. The fourth-order valence-electron chi connectivity index (χ4n) is 3.10. The molecule has 1 aliphatic heterocycles. The molecular weight excluding hydrogens is 290 g/mol. The maximum Gasteiger partial charge on any atom is 0.410 e. The Hall–Kier alpha value is -2.09. The Morgan fingerprint density at radius 3 is 2.61 bits per heavy atom. The van der Waals surface area contributed by atoms with Crippen LogP contribution in [0.5, 0.6) is 0 Å². The molecule has 1 aromatic rings. The zero-order valence-corrected chi connectivity index (χ0v) is 14.2. The van der Waals surface area contributed by atoms with E-state index < -0.39 is 5.41 Å². The van der Waals surface area contributed by atoms with Crippen molar-refractivity contribution in [3.05, 3.63) is 30.1 Å². The summed E-state index contributed by atoms with van der Waals surface area (Å²) in [6.45, 7) is 7.20. The number of aromatic nitrogens is 1. The summed E-state index contributed by atoms with van der Waals surface area (Å²) >= 11 is 0. The maximum atomic E-state index is 12.2. The summed E-state index contributed by atoms with van der Waals surface area (Å²) in [6, 6.07) is 8.05. The van der Waals surface area contributed by atoms with Crippen molar-refractivity contribution in [2.75, 3.05) is 13.1 Å². The smallest absolute Gasteiger partial charge is 0.410 e. The van der Waals surface area contributed by atoms with E-state index in [4.69, 9.17) is 4.74 Å². The van der Waals surface area contributed by atoms with Crippen molar-refractivity contribution in [2.45, 2.75) is 51.6 Å². The van der Waals surface area contributed by atoms with Gasteiger partial charge in [-0.25, -0.2) is 4.79 Å². The number of likely N-dealkylation sites (tertiary alicyclic amines) is 1. The van der Waals surface area contributed by atoms with Gasteiger partial charge in [-0.1, -0.05) is 19.9 Å². The number of rotatable bonds is 4. The van der Waals surface area contributed by atoms with E-state index in [-0.39, 0.29) is 12.2 Å². The average molecular weight is 315 g/mol. The topological polar surface area (TPSA) is 66.2 Å². The molecule has 1 fully saturated rings. The van der Waals surface area contributed by atoms with Crippen LogP contribution in [0.15, 0.2) is 24.4 Å². The lowest BCUT2D eigenvalue weighted by atomic mass is 9.77. The van der Waals surface area contributed by atoms with E-state index in [0.29, 0.717) is 31.8 Å². The Balaban J connectivity index is 1.95. The first-order chi connectivity index (χ1) is 11.0. The van der Waals surface area contributed by atoms with Gasteiger partial charge in [0.05, 0.1) is 11.8 Å². The molecule has 1 aliphatic rings. The van der Waals surface area contributed by atoms with Gasteiger partial charge in [-0.3, -0.25) is 4.98 Å². The highest BCUT2D eigenvalue weighted by Gasteiger charge is 2.39. The highest BCUT2D eigenvalue weighted by molar-refractivity contribution is 5.68. The molecule has 0 saturated carbocycles. The molecule has 5 heteroatoms. The van der Waals surface area contributed by atoms with E-state index in [2.05, 4.69) is 24.9 Å². The lowest BCUT2D eigenvalue weighted by molar-refractivity contribution is 0.0519. The second kappa shape index (κ2) is 7.45. The van der Waals surface area contributed by atoms with Gasteiger partial charge < -0.3 is 9.64 Å². The van der Waals surface area contributed by atoms with Crippen molar-refractivity contribution < 1.29 is 9.53 Å². The van der Waals surface area contributed by atoms with Crippen molar-refractivity contribution in [1.82, 2.24) is 9.88 Å². The summed E-state index contributed by atoms with van der Waals surface area (Å²) < 4.78 is 5.50. The fraction of sp³-hybridized carbons (Fsp3) is 0.611. The first kappa shape index (κ1) is 17.3. The number of carbonyl (C=O) groups excluding carboxylic acids is 1. The van der Waals surface area contributed by atoms with Gasteiger partial charge in [-0.2, -0.15) is 5.26 Å². The molecule has 2 heterocycles. The zero-order valence-electron chi connectivity index (χ0n) is 14.2. The fourth-order valence-corrected chi connectivity index (χ4v) is 3.10. The first-order valence-corrected chi connectivity index (χ1v) is 8.25. The van der Waals surface area contributed by atoms with Crippen molar-refractivity contribution in [1.29, 1.82) is 5.26 Å². The van der Waals surface area contributed by atoms with Crippen LogP contribution in [0.1, 0.15) is 45.7 Å². The van der Waals surface area contributed by atoms with Crippen molar-refractivity contribution >= 4 is 6.09 Å². The summed E-state index contributed by atoms with van der Waals surface area (Å²) in [6.07, 6.45) is 3.40. The van der Waals surface area contributed by atoms with Crippen molar-refractivity contribution in [3.63, 3.8) is 0 Å². The van der Waals surface area contributed by atoms with E-state index in [0.717, 1.165) is 12.1 Å². The molecule has 1 atom stereocenters. The zero-order chi connectivity index (χ0) is 16.9. The Morgan fingerprint density at radius 2 is 2.09 bits per heavy atom. The van der Waals surface area contributed by atoms with E-state index in [1.165, 1.54) is 0 Å². The molecule has 5 nitrogen and oxygen atoms in total. The Bertz CT molecular complexity index is 557. The van der Waals surface area contributed by atoms with Gasteiger partial charge in [-0.05, 0) is 44.2 Å². The number of amides is 1. The van der Waals surface area contributed by atoms with E-state index in [9.17, 15) is 10.1 Å². The van der Waals surface area contributed by atoms with Gasteiger partial charge >= 0.3 is 6.09 Å². The SMILES string of the molecule is CC(C)CC(C)OC(=O)N1CCC(C#N)(c2ccccn2)CC1. The van der Waals surface area contributed by atoms with Crippen LogP contribution in [0.2, 0.25) is 0 Å². The van der Waals surface area contributed by atoms with Gasteiger partial charge in [0.25, 0.3) is 0 Å². The minimum Gasteiger partial charge on any atom is -0.446 e. The van der Waals surface area contributed by atoms with E-state index >= 15 is 0 Å². The van der Waals surface area contributed by atoms with Crippen molar-refractivity contribution in [2.24, 2.45) is 5.92 Å². The summed E-state index contributed by atoms with van der Waals surface area (Å²) in [4.78, 5) is 18.3. The first-order valence-electron chi connectivity index (χ1n) is 8.25. The summed E-state index contributed by atoms with van der Waals surface area (Å²) in [5, 5.41) is 9.64. The van der Waals surface area contributed by atoms with Gasteiger partial charge in [0, 0.05) is 19.3 Å². The standard InChI is InChI=1S/C18H25N3O2/c1-14(2)12-15(3)23-17(22)21-10-7-18(13-19,8-11-21)16-6-4-5-9-20-16/h4-6,9,14-15H,7-8,10-12H2,1-3H3. The normalized spacial score (nSPS) is 18.3. The molecule has 124 valence electrons. The molecule has 1 unspecified atom stereocenters. The molecule has 2 rings (SSSR count). The maximum absolute atomic E-state index is 12.2. The molecule has 1 saturated heterocycles. The minimum atomic E-state index is -0.596. The van der Waals surface area contributed by atoms with Gasteiger partial charge in [0.1, 0.15) is 11.5 Å². The third-order valence-corrected chi connectivity index (χ3v) is 4.35. The monoisotopic (exact) mass is 315 g/mol. The highest BCUT2D eigenvalue weighted by atomic mass is 16.6. The average Bonchev–Trinajstić information content (AvgIpc) is 2.55. The largest absolute Gasteiger partial charge is 0.446 e. The molecule has 23 heavy (non-hydrogen) atoms. The number of hydrogen-bond donors (Lipinski definition) is 0. The van der Waals surface area contributed by atoms with Crippen LogP contribution in [-0.2, 0) is 10.2 Å². The molecule has 1 aromatic heterocycles. The van der Waals surface area contributed by atoms with Crippen LogP contribution in [0.4, 0.5) is 4.79 Å². The predicted octanol–water partition coefficient (Wildman–Crippen LogP) is 3.51. The van der Waals surface area contributed by atoms with Crippen molar-refractivity contribution in [3.8, 4) is 6.07 Å². The number of piperidine rings is 1. The van der Waals surface area contributed by atoms with Crippen LogP contribution in [0, 0.1) is 17.2 Å². The number of ether oxygens (including phenoxy) is 1. The summed E-state index contributed by atoms with van der Waals surface area (Å²) in [5.74, 6) is 0.495. The summed E-state index contributed by atoms with van der Waals surface area (Å²) in [5.41, 5.74) is 0.199. The van der Waals surface area contributed by atoms with E-state index in [1.54, 1.807) is 11.1 Å². The van der Waals surface area contributed by atoms with Gasteiger partial charge in [0.15, 0.2) is 0 Å². The van der Waals surface area contributed by atoms with Crippen LogP contribution in [0.3, 0.4) is 0 Å². The lowest BCUT2D eigenvalue weighted by Gasteiger charge is -2.36. The second-order valence-electron chi connectivity index (χ2n) is 6.72. The minimum absolute atomic E-state index is 0.0825. The van der Waals surface area contributed by atoms with Gasteiger partial charge in [0.2, 0.25) is 0 Å². The Morgan fingerprint density at radius 1 is 1.39 bits per heavy atom.